The van der Waals surface area contributed by atoms with Crippen LogP contribution < -0.4 is 9.47 Å². The molecular formula is C21H23ClFNO3. The Balaban J connectivity index is 2.11. The molecule has 0 saturated heterocycles. The molecule has 0 unspecified atom stereocenters. The van der Waals surface area contributed by atoms with E-state index in [4.69, 9.17) is 21.1 Å². The van der Waals surface area contributed by atoms with Gasteiger partial charge in [-0.2, -0.15) is 0 Å². The van der Waals surface area contributed by atoms with Crippen LogP contribution in [0.3, 0.4) is 0 Å². The third-order valence-electron chi connectivity index (χ3n) is 3.86. The number of likely N-dealkylation sites (N-methyl/N-ethyl adjacent to an activating group) is 1. The zero-order valence-electron chi connectivity index (χ0n) is 15.7. The Hall–Kier alpha value is -2.53. The van der Waals surface area contributed by atoms with E-state index in [1.165, 1.54) is 24.2 Å². The lowest BCUT2D eigenvalue weighted by Crippen LogP contribution is -2.24. The van der Waals surface area contributed by atoms with Crippen LogP contribution in [0, 0.1) is 5.82 Å². The van der Waals surface area contributed by atoms with Crippen LogP contribution in [0.5, 0.6) is 11.5 Å². The molecule has 0 aliphatic rings. The molecule has 0 aliphatic heterocycles. The molecule has 144 valence electrons. The van der Waals surface area contributed by atoms with Gasteiger partial charge in [-0.1, -0.05) is 36.7 Å². The summed E-state index contributed by atoms with van der Waals surface area (Å²) in [5, 5.41) is 0.412. The second-order valence-corrected chi connectivity index (χ2v) is 6.41. The summed E-state index contributed by atoms with van der Waals surface area (Å²) in [6, 6.07) is 9.84. The first-order valence-corrected chi connectivity index (χ1v) is 9.01. The van der Waals surface area contributed by atoms with Crippen LogP contribution >= 0.6 is 11.6 Å². The van der Waals surface area contributed by atoms with Gasteiger partial charge < -0.3 is 14.4 Å². The lowest BCUT2D eigenvalue weighted by Gasteiger charge is -2.16. The second kappa shape index (κ2) is 9.97. The Morgan fingerprint density at radius 3 is 2.70 bits per heavy atom. The van der Waals surface area contributed by atoms with E-state index in [1.807, 2.05) is 6.92 Å². The van der Waals surface area contributed by atoms with Gasteiger partial charge in [0.15, 0.2) is 11.5 Å². The third-order valence-corrected chi connectivity index (χ3v) is 4.14. The first-order valence-electron chi connectivity index (χ1n) is 8.63. The number of benzene rings is 2. The van der Waals surface area contributed by atoms with Crippen LogP contribution in [0.2, 0.25) is 5.02 Å². The van der Waals surface area contributed by atoms with Crippen LogP contribution in [-0.2, 0) is 11.3 Å². The number of hydrogen-bond acceptors (Lipinski definition) is 3. The Morgan fingerprint density at radius 1 is 1.30 bits per heavy atom. The van der Waals surface area contributed by atoms with E-state index in [-0.39, 0.29) is 18.3 Å². The second-order valence-electron chi connectivity index (χ2n) is 6.00. The zero-order valence-corrected chi connectivity index (χ0v) is 16.4. The highest BCUT2D eigenvalue weighted by Crippen LogP contribution is 2.36. The first-order chi connectivity index (χ1) is 13.0. The number of halogens is 2. The standard InChI is InChI=1S/C21H23ClFNO3/c1-4-11-27-21-17(22)12-15(13-19(21)26-3)9-10-20(25)24(2)14-16-7-5-6-8-18(16)23/h5-10,12-13H,4,11,14H2,1-3H3. The molecule has 4 nitrogen and oxygen atoms in total. The van der Waals surface area contributed by atoms with Gasteiger partial charge in [0.2, 0.25) is 5.91 Å². The molecule has 0 radical (unpaired) electrons. The minimum atomic E-state index is -0.333. The van der Waals surface area contributed by atoms with Gasteiger partial charge in [0, 0.05) is 25.2 Å². The lowest BCUT2D eigenvalue weighted by molar-refractivity contribution is -0.125. The molecule has 1 amide bonds. The van der Waals surface area contributed by atoms with Crippen LogP contribution in [-0.4, -0.2) is 31.6 Å². The first kappa shape index (κ1) is 20.8. The van der Waals surface area contributed by atoms with Gasteiger partial charge in [0.25, 0.3) is 0 Å². The number of methoxy groups -OCH3 is 1. The molecule has 0 atom stereocenters. The maximum absolute atomic E-state index is 13.7. The zero-order chi connectivity index (χ0) is 19.8. The molecule has 27 heavy (non-hydrogen) atoms. The summed E-state index contributed by atoms with van der Waals surface area (Å²) in [5.41, 5.74) is 1.16. The Bertz CT molecular complexity index is 823. The molecule has 0 fully saturated rings. The number of carbonyl (C=O) groups excluding carboxylic acids is 1. The highest BCUT2D eigenvalue weighted by Gasteiger charge is 2.12. The number of ether oxygens (including phenoxy) is 2. The van der Waals surface area contributed by atoms with Crippen molar-refractivity contribution in [1.82, 2.24) is 4.90 Å². The predicted molar refractivity (Wildman–Crippen MR) is 106 cm³/mol. The molecule has 0 bridgehead atoms. The largest absolute Gasteiger partial charge is 0.493 e. The Labute approximate surface area is 164 Å². The summed E-state index contributed by atoms with van der Waals surface area (Å²) in [5.74, 6) is 0.406. The van der Waals surface area contributed by atoms with Gasteiger partial charge in [-0.05, 0) is 36.3 Å². The maximum Gasteiger partial charge on any atom is 0.246 e. The van der Waals surface area contributed by atoms with Gasteiger partial charge in [-0.3, -0.25) is 4.79 Å². The fourth-order valence-corrected chi connectivity index (χ4v) is 2.71. The van der Waals surface area contributed by atoms with Crippen molar-refractivity contribution in [2.45, 2.75) is 19.9 Å². The van der Waals surface area contributed by atoms with E-state index in [0.717, 1.165) is 6.42 Å². The average Bonchev–Trinajstić information content (AvgIpc) is 2.66. The summed E-state index contributed by atoms with van der Waals surface area (Å²) >= 11 is 6.28. The number of rotatable bonds is 8. The fraction of sp³-hybridized carbons (Fsp3) is 0.286. The third kappa shape index (κ3) is 5.73. The molecule has 0 saturated carbocycles. The summed E-state index contributed by atoms with van der Waals surface area (Å²) < 4.78 is 24.7. The highest BCUT2D eigenvalue weighted by atomic mass is 35.5. The van der Waals surface area contributed by atoms with Crippen LogP contribution in [0.15, 0.2) is 42.5 Å². The van der Waals surface area contributed by atoms with Gasteiger partial charge in [0.1, 0.15) is 5.82 Å². The van der Waals surface area contributed by atoms with E-state index in [2.05, 4.69) is 0 Å². The van der Waals surface area contributed by atoms with E-state index in [1.54, 1.807) is 43.5 Å². The van der Waals surface area contributed by atoms with Gasteiger partial charge >= 0.3 is 0 Å². The molecule has 2 rings (SSSR count). The van der Waals surface area contributed by atoms with E-state index in [9.17, 15) is 9.18 Å². The number of hydrogen-bond donors (Lipinski definition) is 0. The monoisotopic (exact) mass is 391 g/mol. The minimum absolute atomic E-state index is 0.184. The normalized spacial score (nSPS) is 10.9. The molecule has 0 aliphatic carbocycles. The van der Waals surface area contributed by atoms with Crippen molar-refractivity contribution < 1.29 is 18.7 Å². The van der Waals surface area contributed by atoms with Crippen molar-refractivity contribution in [2.75, 3.05) is 20.8 Å². The van der Waals surface area contributed by atoms with Crippen molar-refractivity contribution >= 4 is 23.6 Å². The number of carbonyl (C=O) groups is 1. The minimum Gasteiger partial charge on any atom is -0.493 e. The fourth-order valence-electron chi connectivity index (χ4n) is 2.44. The van der Waals surface area contributed by atoms with Crippen LogP contribution in [0.1, 0.15) is 24.5 Å². The predicted octanol–water partition coefficient (Wildman–Crippen LogP) is 4.95. The maximum atomic E-state index is 13.7. The Morgan fingerprint density at radius 2 is 2.04 bits per heavy atom. The molecule has 6 heteroatoms. The molecule has 0 N–H and O–H groups in total. The molecule has 2 aromatic rings. The molecule has 0 aromatic heterocycles. The SMILES string of the molecule is CCCOc1c(Cl)cc(C=CC(=O)N(C)Cc2ccccc2F)cc1OC. The van der Waals surface area contributed by atoms with Crippen molar-refractivity contribution in [1.29, 1.82) is 0 Å². The average molecular weight is 392 g/mol. The molecule has 2 aromatic carbocycles. The number of amides is 1. The summed E-state index contributed by atoms with van der Waals surface area (Å²) in [6.07, 6.45) is 3.90. The van der Waals surface area contributed by atoms with E-state index >= 15 is 0 Å². The van der Waals surface area contributed by atoms with Crippen molar-refractivity contribution in [3.8, 4) is 11.5 Å². The van der Waals surface area contributed by atoms with Gasteiger partial charge in [0.05, 0.1) is 18.7 Å². The van der Waals surface area contributed by atoms with E-state index in [0.29, 0.717) is 34.3 Å². The highest BCUT2D eigenvalue weighted by molar-refractivity contribution is 6.32. The quantitative estimate of drug-likeness (QED) is 0.598. The van der Waals surface area contributed by atoms with Crippen molar-refractivity contribution in [3.05, 3.63) is 64.4 Å². The van der Waals surface area contributed by atoms with Crippen molar-refractivity contribution in [3.63, 3.8) is 0 Å². The molecule has 0 spiro atoms. The number of nitrogens with zero attached hydrogens (tertiary/aromatic N) is 1. The van der Waals surface area contributed by atoms with Crippen LogP contribution in [0.4, 0.5) is 4.39 Å². The molecule has 0 heterocycles. The van der Waals surface area contributed by atoms with Crippen molar-refractivity contribution in [2.24, 2.45) is 0 Å². The van der Waals surface area contributed by atoms with Crippen LogP contribution in [0.25, 0.3) is 6.08 Å². The summed E-state index contributed by atoms with van der Waals surface area (Å²) in [7, 11) is 3.15. The topological polar surface area (TPSA) is 38.8 Å². The lowest BCUT2D eigenvalue weighted by atomic mass is 10.1. The van der Waals surface area contributed by atoms with E-state index < -0.39 is 0 Å². The smallest absolute Gasteiger partial charge is 0.246 e. The summed E-state index contributed by atoms with van der Waals surface area (Å²) in [4.78, 5) is 13.7. The molecular weight excluding hydrogens is 369 g/mol. The van der Waals surface area contributed by atoms with Gasteiger partial charge in [-0.15, -0.1) is 0 Å². The van der Waals surface area contributed by atoms with Gasteiger partial charge in [-0.25, -0.2) is 4.39 Å². The summed E-state index contributed by atoms with van der Waals surface area (Å²) in [6.45, 7) is 2.72. The Kier molecular flexibility index (Phi) is 7.67.